The second-order valence-electron chi connectivity index (χ2n) is 4.31. The molecule has 1 unspecified atom stereocenters. The Morgan fingerprint density at radius 1 is 1.59 bits per heavy atom. The van der Waals surface area contributed by atoms with Gasteiger partial charge in [0.15, 0.2) is 0 Å². The summed E-state index contributed by atoms with van der Waals surface area (Å²) >= 11 is 0. The number of amides is 1. The maximum atomic E-state index is 11.8. The number of fused-ring (bicyclic) bond motifs is 1. The van der Waals surface area contributed by atoms with E-state index in [0.29, 0.717) is 12.1 Å². The van der Waals surface area contributed by atoms with Gasteiger partial charge in [0.05, 0.1) is 12.3 Å². The van der Waals surface area contributed by atoms with Crippen LogP contribution < -0.4 is 10.6 Å². The third kappa shape index (κ3) is 2.08. The van der Waals surface area contributed by atoms with E-state index >= 15 is 0 Å². The van der Waals surface area contributed by atoms with Crippen LogP contribution in [0.5, 0.6) is 0 Å². The molecule has 5 heteroatoms. The Labute approximate surface area is 98.8 Å². The highest BCUT2D eigenvalue weighted by Crippen LogP contribution is 2.30. The minimum Gasteiger partial charge on any atom is -0.481 e. The molecule has 17 heavy (non-hydrogen) atoms. The van der Waals surface area contributed by atoms with E-state index in [-0.39, 0.29) is 12.5 Å². The molecule has 1 heterocycles. The van der Waals surface area contributed by atoms with E-state index in [9.17, 15) is 9.59 Å². The Morgan fingerprint density at radius 2 is 2.29 bits per heavy atom. The zero-order valence-corrected chi connectivity index (χ0v) is 9.51. The largest absolute Gasteiger partial charge is 0.481 e. The lowest BCUT2D eigenvalue weighted by atomic mass is 10.1. The monoisotopic (exact) mass is 234 g/mol. The van der Waals surface area contributed by atoms with Gasteiger partial charge >= 0.3 is 5.97 Å². The number of carbonyl (C=O) groups is 2. The maximum absolute atomic E-state index is 11.8. The fourth-order valence-corrected chi connectivity index (χ4v) is 1.96. The molecule has 1 aliphatic heterocycles. The van der Waals surface area contributed by atoms with E-state index in [1.54, 1.807) is 25.1 Å². The van der Waals surface area contributed by atoms with E-state index in [4.69, 9.17) is 10.8 Å². The van der Waals surface area contributed by atoms with Gasteiger partial charge in [-0.3, -0.25) is 9.59 Å². The zero-order chi connectivity index (χ0) is 12.6. The lowest BCUT2D eigenvalue weighted by Crippen LogP contribution is -2.34. The van der Waals surface area contributed by atoms with Crippen molar-refractivity contribution in [2.24, 2.45) is 5.92 Å². The van der Waals surface area contributed by atoms with Crippen LogP contribution in [0.4, 0.5) is 11.4 Å². The van der Waals surface area contributed by atoms with Crippen LogP contribution in [0.25, 0.3) is 0 Å². The molecule has 0 saturated heterocycles. The van der Waals surface area contributed by atoms with Crippen molar-refractivity contribution >= 4 is 23.3 Å². The van der Waals surface area contributed by atoms with Crippen LogP contribution in [-0.4, -0.2) is 23.5 Å². The second-order valence-corrected chi connectivity index (χ2v) is 4.31. The van der Waals surface area contributed by atoms with Gasteiger partial charge in [-0.25, -0.2) is 0 Å². The molecule has 0 aromatic heterocycles. The van der Waals surface area contributed by atoms with E-state index in [2.05, 4.69) is 0 Å². The number of hydrogen-bond donors (Lipinski definition) is 2. The normalized spacial score (nSPS) is 15.8. The molecular formula is C12H14N2O3. The van der Waals surface area contributed by atoms with Gasteiger partial charge in [0, 0.05) is 17.9 Å². The van der Waals surface area contributed by atoms with Crippen molar-refractivity contribution in [3.05, 3.63) is 23.8 Å². The summed E-state index contributed by atoms with van der Waals surface area (Å²) < 4.78 is 0. The minimum atomic E-state index is -0.901. The number of anilines is 2. The SMILES string of the molecule is CC(CN1C(=O)Cc2cc(N)ccc21)C(=O)O. The summed E-state index contributed by atoms with van der Waals surface area (Å²) in [4.78, 5) is 24.1. The second kappa shape index (κ2) is 4.08. The predicted molar refractivity (Wildman–Crippen MR) is 63.7 cm³/mol. The number of carbonyl (C=O) groups excluding carboxylic acids is 1. The molecule has 90 valence electrons. The van der Waals surface area contributed by atoms with Crippen molar-refractivity contribution in [2.75, 3.05) is 17.2 Å². The molecule has 1 amide bonds. The highest BCUT2D eigenvalue weighted by molar-refractivity contribution is 6.02. The van der Waals surface area contributed by atoms with Crippen LogP contribution in [0, 0.1) is 5.92 Å². The van der Waals surface area contributed by atoms with Crippen molar-refractivity contribution in [3.8, 4) is 0 Å². The van der Waals surface area contributed by atoms with Crippen molar-refractivity contribution < 1.29 is 14.7 Å². The number of carboxylic acid groups (broad SMARTS) is 1. The molecule has 0 radical (unpaired) electrons. The van der Waals surface area contributed by atoms with Gasteiger partial charge in [-0.1, -0.05) is 6.92 Å². The summed E-state index contributed by atoms with van der Waals surface area (Å²) in [7, 11) is 0. The van der Waals surface area contributed by atoms with Crippen LogP contribution in [-0.2, 0) is 16.0 Å². The zero-order valence-electron chi connectivity index (χ0n) is 9.51. The van der Waals surface area contributed by atoms with Crippen molar-refractivity contribution in [1.82, 2.24) is 0 Å². The quantitative estimate of drug-likeness (QED) is 0.760. The van der Waals surface area contributed by atoms with Gasteiger partial charge in [0.1, 0.15) is 0 Å². The summed E-state index contributed by atoms with van der Waals surface area (Å²) in [5.41, 5.74) is 7.91. The number of nitrogens with zero attached hydrogens (tertiary/aromatic N) is 1. The van der Waals surface area contributed by atoms with Gasteiger partial charge in [0.25, 0.3) is 0 Å². The molecule has 1 atom stereocenters. The molecule has 0 saturated carbocycles. The Kier molecular flexibility index (Phi) is 2.75. The number of aliphatic carboxylic acids is 1. The third-order valence-electron chi connectivity index (χ3n) is 2.92. The van der Waals surface area contributed by atoms with E-state index in [1.165, 1.54) is 4.90 Å². The van der Waals surface area contributed by atoms with E-state index in [0.717, 1.165) is 11.3 Å². The Hall–Kier alpha value is -2.04. The van der Waals surface area contributed by atoms with Crippen LogP contribution in [0.15, 0.2) is 18.2 Å². The molecular weight excluding hydrogens is 220 g/mol. The van der Waals surface area contributed by atoms with Gasteiger partial charge < -0.3 is 15.7 Å². The summed E-state index contributed by atoms with van der Waals surface area (Å²) in [6.07, 6.45) is 0.298. The molecule has 2 rings (SSSR count). The van der Waals surface area contributed by atoms with Crippen LogP contribution in [0.1, 0.15) is 12.5 Å². The van der Waals surface area contributed by atoms with Gasteiger partial charge in [-0.15, -0.1) is 0 Å². The van der Waals surface area contributed by atoms with E-state index in [1.807, 2.05) is 0 Å². The fourth-order valence-electron chi connectivity index (χ4n) is 1.96. The first-order valence-corrected chi connectivity index (χ1v) is 5.40. The maximum Gasteiger partial charge on any atom is 0.308 e. The topological polar surface area (TPSA) is 83.6 Å². The molecule has 5 nitrogen and oxygen atoms in total. The first-order chi connectivity index (χ1) is 7.99. The average molecular weight is 234 g/mol. The van der Waals surface area contributed by atoms with Crippen LogP contribution in [0.2, 0.25) is 0 Å². The molecule has 1 aromatic rings. The Bertz CT molecular complexity index is 485. The molecule has 1 aromatic carbocycles. The van der Waals surface area contributed by atoms with Gasteiger partial charge in [-0.2, -0.15) is 0 Å². The van der Waals surface area contributed by atoms with Crippen molar-refractivity contribution in [1.29, 1.82) is 0 Å². The molecule has 0 aliphatic carbocycles. The minimum absolute atomic E-state index is 0.0706. The van der Waals surface area contributed by atoms with Gasteiger partial charge in [-0.05, 0) is 23.8 Å². The predicted octanol–water partition coefficient (Wildman–Crippen LogP) is 0.879. The standard InChI is InChI=1S/C12H14N2O3/c1-7(12(16)17)6-14-10-3-2-9(13)4-8(10)5-11(14)15/h2-4,7H,5-6,13H2,1H3,(H,16,17). The number of hydrogen-bond acceptors (Lipinski definition) is 3. The molecule has 0 spiro atoms. The number of carboxylic acids is 1. The summed E-state index contributed by atoms with van der Waals surface area (Å²) in [6, 6.07) is 5.25. The first kappa shape index (κ1) is 11.4. The number of benzene rings is 1. The lowest BCUT2D eigenvalue weighted by Gasteiger charge is -2.19. The number of rotatable bonds is 3. The summed E-state index contributed by atoms with van der Waals surface area (Å²) in [6.45, 7) is 1.79. The molecule has 1 aliphatic rings. The number of nitrogen functional groups attached to an aromatic ring is 1. The van der Waals surface area contributed by atoms with Gasteiger partial charge in [0.2, 0.25) is 5.91 Å². The van der Waals surface area contributed by atoms with Crippen molar-refractivity contribution in [3.63, 3.8) is 0 Å². The van der Waals surface area contributed by atoms with Crippen LogP contribution in [0.3, 0.4) is 0 Å². The van der Waals surface area contributed by atoms with Crippen LogP contribution >= 0.6 is 0 Å². The first-order valence-electron chi connectivity index (χ1n) is 5.40. The molecule has 3 N–H and O–H groups in total. The van der Waals surface area contributed by atoms with E-state index < -0.39 is 11.9 Å². The molecule has 0 bridgehead atoms. The summed E-state index contributed by atoms with van der Waals surface area (Å²) in [5, 5.41) is 8.86. The highest BCUT2D eigenvalue weighted by atomic mass is 16.4. The highest BCUT2D eigenvalue weighted by Gasteiger charge is 2.29. The smallest absolute Gasteiger partial charge is 0.308 e. The van der Waals surface area contributed by atoms with Crippen molar-refractivity contribution in [2.45, 2.75) is 13.3 Å². The fraction of sp³-hybridized carbons (Fsp3) is 0.333. The Balaban J connectivity index is 2.26. The average Bonchev–Trinajstić information content (AvgIpc) is 2.54. The summed E-state index contributed by atoms with van der Waals surface area (Å²) in [5.74, 6) is -1.55. The number of nitrogens with two attached hydrogens (primary N) is 1. The Morgan fingerprint density at radius 3 is 2.94 bits per heavy atom. The lowest BCUT2D eigenvalue weighted by molar-refractivity contribution is -0.140. The molecule has 0 fully saturated rings. The third-order valence-corrected chi connectivity index (χ3v) is 2.92.